The van der Waals surface area contributed by atoms with Crippen LogP contribution in [-0.2, 0) is 0 Å². The van der Waals surface area contributed by atoms with E-state index < -0.39 is 0 Å². The van der Waals surface area contributed by atoms with Gasteiger partial charge in [-0.2, -0.15) is 12.6 Å². The lowest BCUT2D eigenvalue weighted by molar-refractivity contribution is 0.948. The minimum Gasteiger partial charge on any atom is -0.370 e. The minimum atomic E-state index is 0.443. The van der Waals surface area contributed by atoms with Gasteiger partial charge in [0, 0.05) is 6.54 Å². The molecule has 0 spiro atoms. The Kier molecular flexibility index (Phi) is 4.54. The van der Waals surface area contributed by atoms with Crippen LogP contribution >= 0.6 is 12.6 Å². The molecule has 0 aliphatic carbocycles. The summed E-state index contributed by atoms with van der Waals surface area (Å²) >= 11 is 3.85. The van der Waals surface area contributed by atoms with Crippen LogP contribution < -0.4 is 11.1 Å². The molecule has 0 aliphatic heterocycles. The highest BCUT2D eigenvalue weighted by Crippen LogP contribution is 1.71. The van der Waals surface area contributed by atoms with E-state index in [0.717, 1.165) is 6.54 Å². The van der Waals surface area contributed by atoms with Gasteiger partial charge in [-0.15, -0.1) is 0 Å². The minimum absolute atomic E-state index is 0.443. The van der Waals surface area contributed by atoms with Gasteiger partial charge in [0.15, 0.2) is 5.96 Å². The summed E-state index contributed by atoms with van der Waals surface area (Å²) in [6.07, 6.45) is 0. The molecule has 0 aliphatic rings. The van der Waals surface area contributed by atoms with Gasteiger partial charge in [0.05, 0.1) is 5.88 Å². The molecule has 8 heavy (non-hydrogen) atoms. The van der Waals surface area contributed by atoms with Gasteiger partial charge in [-0.25, -0.2) is 4.99 Å². The molecule has 0 saturated carbocycles. The van der Waals surface area contributed by atoms with Crippen molar-refractivity contribution in [3.05, 3.63) is 0 Å². The monoisotopic (exact) mass is 133 g/mol. The van der Waals surface area contributed by atoms with E-state index >= 15 is 0 Å². The standard InChI is InChI=1S/C4H11N3S/c1-2-6-4(5)7-3-8/h8H,2-3H2,1H3,(H3,5,6,7). The summed E-state index contributed by atoms with van der Waals surface area (Å²) in [7, 11) is 0. The van der Waals surface area contributed by atoms with Crippen molar-refractivity contribution in [1.29, 1.82) is 0 Å². The Hall–Kier alpha value is -0.380. The van der Waals surface area contributed by atoms with E-state index in [9.17, 15) is 0 Å². The molecule has 0 atom stereocenters. The van der Waals surface area contributed by atoms with Crippen LogP contribution in [0.4, 0.5) is 0 Å². The van der Waals surface area contributed by atoms with Crippen LogP contribution in [0, 0.1) is 0 Å². The Bertz CT molecular complexity index is 81.4. The van der Waals surface area contributed by atoms with E-state index in [2.05, 4.69) is 22.9 Å². The van der Waals surface area contributed by atoms with Gasteiger partial charge < -0.3 is 11.1 Å². The van der Waals surface area contributed by atoms with Gasteiger partial charge in [0.25, 0.3) is 0 Å². The number of nitrogens with one attached hydrogen (secondary N) is 1. The van der Waals surface area contributed by atoms with Crippen LogP contribution in [0.5, 0.6) is 0 Å². The summed E-state index contributed by atoms with van der Waals surface area (Å²) in [6.45, 7) is 2.77. The molecule has 3 nitrogen and oxygen atoms in total. The molecule has 0 aromatic carbocycles. The molecule has 4 heteroatoms. The zero-order valence-electron chi connectivity index (χ0n) is 4.89. The van der Waals surface area contributed by atoms with Crippen molar-refractivity contribution < 1.29 is 0 Å². The van der Waals surface area contributed by atoms with Gasteiger partial charge >= 0.3 is 0 Å². The summed E-state index contributed by atoms with van der Waals surface area (Å²) in [5.74, 6) is 0.904. The lowest BCUT2D eigenvalue weighted by Crippen LogP contribution is -2.31. The molecule has 0 radical (unpaired) electrons. The third kappa shape index (κ3) is 3.80. The summed E-state index contributed by atoms with van der Waals surface area (Å²) in [4.78, 5) is 3.76. The molecule has 0 heterocycles. The Labute approximate surface area is 54.8 Å². The van der Waals surface area contributed by atoms with E-state index in [4.69, 9.17) is 5.73 Å². The Balaban J connectivity index is 3.29. The first-order valence-corrected chi connectivity index (χ1v) is 3.09. The summed E-state index contributed by atoms with van der Waals surface area (Å²) < 4.78 is 0. The lowest BCUT2D eigenvalue weighted by Gasteiger charge is -1.97. The van der Waals surface area contributed by atoms with Crippen molar-refractivity contribution in [2.45, 2.75) is 6.92 Å². The molecule has 0 unspecified atom stereocenters. The normalized spacial score (nSPS) is 11.5. The summed E-state index contributed by atoms with van der Waals surface area (Å²) in [5, 5.41) is 2.83. The smallest absolute Gasteiger partial charge is 0.189 e. The Morgan fingerprint density at radius 1 is 1.88 bits per heavy atom. The molecular weight excluding hydrogens is 122 g/mol. The molecule has 0 amide bonds. The highest BCUT2D eigenvalue weighted by molar-refractivity contribution is 7.80. The van der Waals surface area contributed by atoms with Crippen LogP contribution in [0.15, 0.2) is 4.99 Å². The lowest BCUT2D eigenvalue weighted by atomic mass is 10.7. The second kappa shape index (κ2) is 4.77. The molecule has 0 rings (SSSR count). The summed E-state index contributed by atoms with van der Waals surface area (Å²) in [5.41, 5.74) is 5.28. The largest absolute Gasteiger partial charge is 0.370 e. The number of thiol groups is 1. The van der Waals surface area contributed by atoms with Crippen LogP contribution in [0.2, 0.25) is 0 Å². The highest BCUT2D eigenvalue weighted by atomic mass is 32.1. The molecule has 0 fully saturated rings. The number of nitrogens with zero attached hydrogens (tertiary/aromatic N) is 1. The van der Waals surface area contributed by atoms with E-state index in [1.54, 1.807) is 0 Å². The number of hydrogen-bond acceptors (Lipinski definition) is 2. The molecule has 0 saturated heterocycles. The van der Waals surface area contributed by atoms with Crippen molar-refractivity contribution in [3.63, 3.8) is 0 Å². The van der Waals surface area contributed by atoms with E-state index in [1.807, 2.05) is 6.92 Å². The number of aliphatic imine (C=N–C) groups is 1. The zero-order valence-corrected chi connectivity index (χ0v) is 5.78. The van der Waals surface area contributed by atoms with Crippen molar-refractivity contribution in [1.82, 2.24) is 5.32 Å². The molecule has 0 bridgehead atoms. The number of guanidine groups is 1. The van der Waals surface area contributed by atoms with Crippen LogP contribution in [0.1, 0.15) is 6.92 Å². The quantitative estimate of drug-likeness (QED) is 0.277. The van der Waals surface area contributed by atoms with Crippen molar-refractivity contribution in [3.8, 4) is 0 Å². The fourth-order valence-electron chi connectivity index (χ4n) is 0.313. The first-order chi connectivity index (χ1) is 3.81. The van der Waals surface area contributed by atoms with Crippen LogP contribution in [-0.4, -0.2) is 18.4 Å². The molecule has 0 aromatic heterocycles. The summed E-state index contributed by atoms with van der Waals surface area (Å²) in [6, 6.07) is 0. The van der Waals surface area contributed by atoms with Crippen molar-refractivity contribution in [2.24, 2.45) is 10.7 Å². The van der Waals surface area contributed by atoms with Gasteiger partial charge in [-0.05, 0) is 6.92 Å². The Morgan fingerprint density at radius 3 is 2.88 bits per heavy atom. The first kappa shape index (κ1) is 7.62. The van der Waals surface area contributed by atoms with Gasteiger partial charge in [-0.1, -0.05) is 0 Å². The van der Waals surface area contributed by atoms with Crippen LogP contribution in [0.25, 0.3) is 0 Å². The third-order valence-corrected chi connectivity index (χ3v) is 0.740. The number of hydrogen-bond donors (Lipinski definition) is 3. The maximum absolute atomic E-state index is 5.28. The molecule has 0 aromatic rings. The van der Waals surface area contributed by atoms with Crippen LogP contribution in [0.3, 0.4) is 0 Å². The molecule has 48 valence electrons. The maximum atomic E-state index is 5.28. The predicted molar refractivity (Wildman–Crippen MR) is 39.2 cm³/mol. The van der Waals surface area contributed by atoms with Gasteiger partial charge in [-0.3, -0.25) is 0 Å². The second-order valence-corrected chi connectivity index (χ2v) is 1.50. The number of rotatable bonds is 2. The van der Waals surface area contributed by atoms with E-state index in [0.29, 0.717) is 11.8 Å². The average molecular weight is 133 g/mol. The van der Waals surface area contributed by atoms with Gasteiger partial charge in [0.2, 0.25) is 0 Å². The maximum Gasteiger partial charge on any atom is 0.189 e. The van der Waals surface area contributed by atoms with E-state index in [-0.39, 0.29) is 0 Å². The van der Waals surface area contributed by atoms with Gasteiger partial charge in [0.1, 0.15) is 0 Å². The molecule has 3 N–H and O–H groups in total. The zero-order chi connectivity index (χ0) is 6.41. The third-order valence-electron chi connectivity index (χ3n) is 0.599. The predicted octanol–water partition coefficient (Wildman–Crippen LogP) is -0.202. The molecular formula is C4H11N3S. The van der Waals surface area contributed by atoms with Crippen molar-refractivity contribution in [2.75, 3.05) is 12.4 Å². The van der Waals surface area contributed by atoms with Crippen molar-refractivity contribution >= 4 is 18.6 Å². The topological polar surface area (TPSA) is 50.4 Å². The average Bonchev–Trinajstić information content (AvgIpc) is 1.68. The SMILES string of the molecule is CCNC(N)=NCS. The number of nitrogens with two attached hydrogens (primary N) is 1. The first-order valence-electron chi connectivity index (χ1n) is 2.46. The van der Waals surface area contributed by atoms with E-state index in [1.165, 1.54) is 0 Å². The Morgan fingerprint density at radius 2 is 2.50 bits per heavy atom. The fourth-order valence-corrected chi connectivity index (χ4v) is 0.466. The highest BCUT2D eigenvalue weighted by Gasteiger charge is 1.80. The second-order valence-electron chi connectivity index (χ2n) is 1.22. The fraction of sp³-hybridized carbons (Fsp3) is 0.750.